The summed E-state index contributed by atoms with van der Waals surface area (Å²) < 4.78 is 13.1. The molecule has 0 amide bonds. The Morgan fingerprint density at radius 3 is 2.51 bits per heavy atom. The van der Waals surface area contributed by atoms with E-state index in [0.717, 1.165) is 27.8 Å². The zero-order valence-electron chi connectivity index (χ0n) is 21.1. The summed E-state index contributed by atoms with van der Waals surface area (Å²) in [7, 11) is 0. The summed E-state index contributed by atoms with van der Waals surface area (Å²) in [4.78, 5) is 35.3. The van der Waals surface area contributed by atoms with E-state index < -0.39 is 24.5 Å². The van der Waals surface area contributed by atoms with Crippen molar-refractivity contribution in [1.82, 2.24) is 4.57 Å². The van der Waals surface area contributed by atoms with Gasteiger partial charge in [-0.1, -0.05) is 42.5 Å². The number of rotatable bonds is 10. The van der Waals surface area contributed by atoms with Gasteiger partial charge in [0.15, 0.2) is 6.61 Å². The van der Waals surface area contributed by atoms with Crippen molar-refractivity contribution in [2.75, 3.05) is 6.61 Å². The fourth-order valence-electron chi connectivity index (χ4n) is 5.02. The molecule has 2 N–H and O–H groups in total. The summed E-state index contributed by atoms with van der Waals surface area (Å²) in [5.41, 5.74) is 4.08. The number of hydrogen-bond donors (Lipinski definition) is 2. The first kappa shape index (κ1) is 25.8. The molecule has 1 aromatic heterocycles. The van der Waals surface area contributed by atoms with Crippen molar-refractivity contribution in [2.24, 2.45) is 0 Å². The number of carboxylic acid groups (broad SMARTS) is 2. The molecule has 1 aliphatic rings. The number of carbonyl (C=O) groups is 2. The van der Waals surface area contributed by atoms with Gasteiger partial charge in [-0.25, -0.2) is 4.79 Å². The Hall–Kier alpha value is -4.85. The fraction of sp³-hybridized carbons (Fsp3) is 0.194. The van der Waals surface area contributed by atoms with Crippen LogP contribution in [0, 0.1) is 0 Å². The lowest BCUT2D eigenvalue weighted by Gasteiger charge is -2.29. The van der Waals surface area contributed by atoms with Crippen LogP contribution in [0.15, 0.2) is 89.9 Å². The Morgan fingerprint density at radius 1 is 0.897 bits per heavy atom. The molecule has 8 heteroatoms. The number of hydrogen-bond acceptors (Lipinski definition) is 5. The average molecular weight is 526 g/mol. The summed E-state index contributed by atoms with van der Waals surface area (Å²) in [5.74, 6) is -0.586. The lowest BCUT2D eigenvalue weighted by atomic mass is 9.81. The van der Waals surface area contributed by atoms with Gasteiger partial charge in [0, 0.05) is 35.9 Å². The maximum absolute atomic E-state index is 12.7. The van der Waals surface area contributed by atoms with Crippen molar-refractivity contribution < 1.29 is 29.3 Å². The van der Waals surface area contributed by atoms with Gasteiger partial charge in [-0.2, -0.15) is 0 Å². The number of para-hydroxylation sites is 1. The molecule has 1 unspecified atom stereocenters. The molecule has 39 heavy (non-hydrogen) atoms. The molecular weight excluding hydrogens is 498 g/mol. The molecule has 1 aliphatic heterocycles. The number of aliphatic carboxylic acids is 2. The standard InChI is InChI=1S/C31H27NO7/c33-28-14-13-21(18-32(28)15-5-7-20-6-3-8-22(16-20)38-19-30(36)37)23-10-4-12-27-31(23)25(17-29(34)35)24-9-1-2-11-26(24)39-27/h1-4,6,8-14,16,18,25H,5,7,15,17,19H2,(H,34,35)(H,36,37). The third-order valence-corrected chi connectivity index (χ3v) is 6.73. The van der Waals surface area contributed by atoms with E-state index in [0.29, 0.717) is 36.6 Å². The SMILES string of the molecule is O=C(O)COc1cccc(CCCn2cc(-c3cccc4c3C(CC(=O)O)c3ccccc3O4)ccc2=O)c1. The van der Waals surface area contributed by atoms with Gasteiger partial charge < -0.3 is 24.3 Å². The summed E-state index contributed by atoms with van der Waals surface area (Å²) in [6.45, 7) is 0.0680. The first-order valence-corrected chi connectivity index (χ1v) is 12.6. The van der Waals surface area contributed by atoms with E-state index >= 15 is 0 Å². The van der Waals surface area contributed by atoms with Crippen molar-refractivity contribution in [3.05, 3.63) is 112 Å². The largest absolute Gasteiger partial charge is 0.482 e. The van der Waals surface area contributed by atoms with Crippen LogP contribution in [0.4, 0.5) is 0 Å². The maximum atomic E-state index is 12.7. The van der Waals surface area contributed by atoms with Gasteiger partial charge in [0.1, 0.15) is 17.2 Å². The van der Waals surface area contributed by atoms with Crippen LogP contribution in [0.1, 0.15) is 35.4 Å². The van der Waals surface area contributed by atoms with Gasteiger partial charge in [-0.15, -0.1) is 0 Å². The molecule has 5 rings (SSSR count). The van der Waals surface area contributed by atoms with E-state index in [1.807, 2.05) is 60.8 Å². The lowest BCUT2D eigenvalue weighted by molar-refractivity contribution is -0.139. The number of pyridine rings is 1. The monoisotopic (exact) mass is 525 g/mol. The Balaban J connectivity index is 1.39. The molecule has 0 radical (unpaired) electrons. The van der Waals surface area contributed by atoms with Crippen LogP contribution in [0.25, 0.3) is 11.1 Å². The second-order valence-electron chi connectivity index (χ2n) is 9.39. The van der Waals surface area contributed by atoms with Gasteiger partial charge in [-0.05, 0) is 59.9 Å². The average Bonchev–Trinajstić information content (AvgIpc) is 2.92. The molecule has 2 heterocycles. The number of ether oxygens (including phenoxy) is 2. The summed E-state index contributed by atoms with van der Waals surface area (Å²) in [6, 6.07) is 23.7. The molecular formula is C31H27NO7. The number of fused-ring (bicyclic) bond motifs is 2. The zero-order valence-corrected chi connectivity index (χ0v) is 21.1. The highest BCUT2D eigenvalue weighted by Gasteiger charge is 2.31. The van der Waals surface area contributed by atoms with Crippen LogP contribution in [-0.2, 0) is 22.6 Å². The number of nitrogens with zero attached hydrogens (tertiary/aromatic N) is 1. The number of aromatic nitrogens is 1. The first-order valence-electron chi connectivity index (χ1n) is 12.6. The fourth-order valence-corrected chi connectivity index (χ4v) is 5.02. The third-order valence-electron chi connectivity index (χ3n) is 6.73. The Bertz CT molecular complexity index is 1590. The maximum Gasteiger partial charge on any atom is 0.341 e. The molecule has 0 aliphatic carbocycles. The van der Waals surface area contributed by atoms with Gasteiger partial charge in [0.25, 0.3) is 5.56 Å². The van der Waals surface area contributed by atoms with Crippen molar-refractivity contribution >= 4 is 11.9 Å². The Kier molecular flexibility index (Phi) is 7.45. The first-order chi connectivity index (χ1) is 18.9. The minimum Gasteiger partial charge on any atom is -0.482 e. The van der Waals surface area contributed by atoms with Crippen LogP contribution in [-0.4, -0.2) is 33.3 Å². The number of aryl methyl sites for hydroxylation is 2. The minimum absolute atomic E-state index is 0.0841. The van der Waals surface area contributed by atoms with Crippen LogP contribution in [0.5, 0.6) is 17.2 Å². The van der Waals surface area contributed by atoms with E-state index in [4.69, 9.17) is 14.6 Å². The normalized spacial score (nSPS) is 13.6. The summed E-state index contributed by atoms with van der Waals surface area (Å²) in [6.07, 6.45) is 3.08. The van der Waals surface area contributed by atoms with Crippen molar-refractivity contribution in [3.8, 4) is 28.4 Å². The van der Waals surface area contributed by atoms with Gasteiger partial charge >= 0.3 is 11.9 Å². The highest BCUT2D eigenvalue weighted by molar-refractivity contribution is 5.77. The predicted molar refractivity (Wildman–Crippen MR) is 145 cm³/mol. The van der Waals surface area contributed by atoms with Crippen molar-refractivity contribution in [2.45, 2.75) is 31.7 Å². The number of benzene rings is 3. The quantitative estimate of drug-likeness (QED) is 0.288. The minimum atomic E-state index is -1.04. The van der Waals surface area contributed by atoms with Gasteiger partial charge in [0.05, 0.1) is 6.42 Å². The van der Waals surface area contributed by atoms with E-state index in [2.05, 4.69) is 0 Å². The van der Waals surface area contributed by atoms with E-state index in [-0.39, 0.29) is 12.0 Å². The highest BCUT2D eigenvalue weighted by Crippen LogP contribution is 2.49. The second kappa shape index (κ2) is 11.3. The third kappa shape index (κ3) is 5.85. The van der Waals surface area contributed by atoms with Gasteiger partial charge in [0.2, 0.25) is 0 Å². The van der Waals surface area contributed by atoms with E-state index in [1.54, 1.807) is 22.8 Å². The molecule has 8 nitrogen and oxygen atoms in total. The summed E-state index contributed by atoms with van der Waals surface area (Å²) in [5, 5.41) is 18.5. The van der Waals surface area contributed by atoms with Crippen LogP contribution in [0.3, 0.4) is 0 Å². The Morgan fingerprint density at radius 2 is 1.69 bits per heavy atom. The predicted octanol–water partition coefficient (Wildman–Crippen LogP) is 5.32. The van der Waals surface area contributed by atoms with Crippen LogP contribution in [0.2, 0.25) is 0 Å². The molecule has 0 saturated heterocycles. The van der Waals surface area contributed by atoms with Crippen molar-refractivity contribution in [3.63, 3.8) is 0 Å². The molecule has 4 aromatic rings. The topological polar surface area (TPSA) is 115 Å². The molecule has 0 saturated carbocycles. The smallest absolute Gasteiger partial charge is 0.341 e. The zero-order chi connectivity index (χ0) is 27.4. The van der Waals surface area contributed by atoms with Gasteiger partial charge in [-0.3, -0.25) is 9.59 Å². The number of carboxylic acids is 2. The molecule has 1 atom stereocenters. The Labute approximate surface area is 224 Å². The molecule has 3 aromatic carbocycles. The molecule has 198 valence electrons. The highest BCUT2D eigenvalue weighted by atomic mass is 16.5. The summed E-state index contributed by atoms with van der Waals surface area (Å²) >= 11 is 0. The lowest BCUT2D eigenvalue weighted by Crippen LogP contribution is -2.19. The van der Waals surface area contributed by atoms with Crippen LogP contribution >= 0.6 is 0 Å². The molecule has 0 bridgehead atoms. The van der Waals surface area contributed by atoms with E-state index in [9.17, 15) is 19.5 Å². The van der Waals surface area contributed by atoms with E-state index in [1.165, 1.54) is 6.07 Å². The van der Waals surface area contributed by atoms with Crippen LogP contribution < -0.4 is 15.0 Å². The second-order valence-corrected chi connectivity index (χ2v) is 9.39. The van der Waals surface area contributed by atoms with Crippen molar-refractivity contribution in [1.29, 1.82) is 0 Å². The molecule has 0 spiro atoms. The molecule has 0 fully saturated rings.